The van der Waals surface area contributed by atoms with Crippen LogP contribution in [-0.4, -0.2) is 36.0 Å². The number of carbonyl (C=O) groups excluding carboxylic acids is 2. The van der Waals surface area contributed by atoms with Crippen LogP contribution in [-0.2, 0) is 11.2 Å². The van der Waals surface area contributed by atoms with E-state index in [1.165, 1.54) is 5.56 Å². The van der Waals surface area contributed by atoms with E-state index in [4.69, 9.17) is 4.74 Å². The molecule has 5 nitrogen and oxygen atoms in total. The van der Waals surface area contributed by atoms with Gasteiger partial charge in [-0.1, -0.05) is 25.1 Å². The van der Waals surface area contributed by atoms with Gasteiger partial charge in [-0.2, -0.15) is 0 Å². The molecule has 1 fully saturated rings. The maximum absolute atomic E-state index is 11.7. The van der Waals surface area contributed by atoms with Crippen LogP contribution in [0.1, 0.15) is 12.5 Å². The van der Waals surface area contributed by atoms with E-state index in [0.717, 1.165) is 12.2 Å². The van der Waals surface area contributed by atoms with Crippen LogP contribution in [0.5, 0.6) is 5.75 Å². The Morgan fingerprint density at radius 2 is 2.16 bits per heavy atom. The van der Waals surface area contributed by atoms with Gasteiger partial charge in [-0.15, -0.1) is 0 Å². The average molecular weight is 260 g/mol. The van der Waals surface area contributed by atoms with E-state index in [-0.39, 0.29) is 24.0 Å². The van der Waals surface area contributed by atoms with E-state index in [1.807, 2.05) is 31.2 Å². The van der Waals surface area contributed by atoms with Crippen molar-refractivity contribution < 1.29 is 14.3 Å². The molecule has 2 heterocycles. The summed E-state index contributed by atoms with van der Waals surface area (Å²) in [6, 6.07) is 7.59. The van der Waals surface area contributed by atoms with Crippen molar-refractivity contribution in [1.29, 1.82) is 0 Å². The van der Waals surface area contributed by atoms with Crippen LogP contribution in [0.4, 0.5) is 4.79 Å². The predicted molar refractivity (Wildman–Crippen MR) is 68.8 cm³/mol. The molecule has 2 unspecified atom stereocenters. The Morgan fingerprint density at radius 3 is 2.95 bits per heavy atom. The van der Waals surface area contributed by atoms with Gasteiger partial charge in [-0.05, 0) is 11.6 Å². The Hall–Kier alpha value is -2.04. The second-order valence-electron chi connectivity index (χ2n) is 5.15. The Bertz CT molecular complexity index is 504. The number of nitrogens with one attached hydrogen (secondary N) is 1. The van der Waals surface area contributed by atoms with Gasteiger partial charge in [0.05, 0.1) is 12.5 Å². The lowest BCUT2D eigenvalue weighted by atomic mass is 10.1. The quantitative estimate of drug-likeness (QED) is 0.868. The van der Waals surface area contributed by atoms with Crippen molar-refractivity contribution in [1.82, 2.24) is 10.2 Å². The second-order valence-corrected chi connectivity index (χ2v) is 5.15. The lowest BCUT2D eigenvalue weighted by molar-refractivity contribution is -0.125. The third-order valence-corrected chi connectivity index (χ3v) is 3.60. The molecule has 3 amide bonds. The first-order valence-electron chi connectivity index (χ1n) is 6.48. The molecule has 5 heteroatoms. The fourth-order valence-corrected chi connectivity index (χ4v) is 2.56. The highest BCUT2D eigenvalue weighted by Crippen LogP contribution is 2.28. The molecule has 100 valence electrons. The number of carbonyl (C=O) groups is 2. The number of fused-ring (bicyclic) bond motifs is 1. The van der Waals surface area contributed by atoms with Crippen LogP contribution in [0.15, 0.2) is 24.3 Å². The molecule has 1 aromatic carbocycles. The summed E-state index contributed by atoms with van der Waals surface area (Å²) in [6.07, 6.45) is 0.783. The van der Waals surface area contributed by atoms with Gasteiger partial charge < -0.3 is 9.64 Å². The maximum Gasteiger partial charge on any atom is 0.324 e. The summed E-state index contributed by atoms with van der Waals surface area (Å²) in [5.41, 5.74) is 1.18. The number of rotatable bonds is 2. The van der Waals surface area contributed by atoms with Gasteiger partial charge in [0, 0.05) is 13.0 Å². The highest BCUT2D eigenvalue weighted by molar-refractivity contribution is 5.97. The van der Waals surface area contributed by atoms with Crippen molar-refractivity contribution in [3.8, 4) is 5.75 Å². The number of hydrogen-bond acceptors (Lipinski definition) is 3. The SMILES string of the molecule is CC1CN(CC2Cc3ccccc3O2)C(=O)NC1=O. The summed E-state index contributed by atoms with van der Waals surface area (Å²) in [5, 5.41) is 2.37. The number of imide groups is 1. The van der Waals surface area contributed by atoms with Gasteiger partial charge in [0.2, 0.25) is 5.91 Å². The van der Waals surface area contributed by atoms with Crippen LogP contribution in [0, 0.1) is 5.92 Å². The molecule has 1 N–H and O–H groups in total. The number of amides is 3. The zero-order valence-corrected chi connectivity index (χ0v) is 10.8. The molecule has 0 spiro atoms. The third kappa shape index (κ3) is 2.28. The molecule has 3 rings (SSSR count). The van der Waals surface area contributed by atoms with E-state index in [0.29, 0.717) is 13.1 Å². The Balaban J connectivity index is 1.64. The highest BCUT2D eigenvalue weighted by Gasteiger charge is 2.32. The first kappa shape index (κ1) is 12.0. The zero-order valence-electron chi connectivity index (χ0n) is 10.8. The molecule has 2 aliphatic heterocycles. The number of urea groups is 1. The monoisotopic (exact) mass is 260 g/mol. The molecule has 2 aliphatic rings. The molecular weight excluding hydrogens is 244 g/mol. The molecule has 0 radical (unpaired) electrons. The van der Waals surface area contributed by atoms with Crippen molar-refractivity contribution in [2.75, 3.05) is 13.1 Å². The van der Waals surface area contributed by atoms with E-state index < -0.39 is 0 Å². The van der Waals surface area contributed by atoms with Gasteiger partial charge in [0.25, 0.3) is 0 Å². The average Bonchev–Trinajstić information content (AvgIpc) is 2.78. The molecule has 1 saturated heterocycles. The van der Waals surface area contributed by atoms with Crippen LogP contribution in [0.2, 0.25) is 0 Å². The Morgan fingerprint density at radius 1 is 1.37 bits per heavy atom. The summed E-state index contributed by atoms with van der Waals surface area (Å²) < 4.78 is 5.81. The van der Waals surface area contributed by atoms with Crippen molar-refractivity contribution in [3.05, 3.63) is 29.8 Å². The molecule has 0 saturated carbocycles. The normalized spacial score (nSPS) is 25.8. The van der Waals surface area contributed by atoms with Crippen LogP contribution >= 0.6 is 0 Å². The third-order valence-electron chi connectivity index (χ3n) is 3.60. The van der Waals surface area contributed by atoms with Gasteiger partial charge in [0.1, 0.15) is 11.9 Å². The molecule has 0 aromatic heterocycles. The largest absolute Gasteiger partial charge is 0.488 e. The fraction of sp³-hybridized carbons (Fsp3) is 0.429. The van der Waals surface area contributed by atoms with Gasteiger partial charge in [-0.3, -0.25) is 10.1 Å². The van der Waals surface area contributed by atoms with E-state index in [1.54, 1.807) is 4.90 Å². The van der Waals surface area contributed by atoms with Crippen molar-refractivity contribution in [3.63, 3.8) is 0 Å². The van der Waals surface area contributed by atoms with E-state index >= 15 is 0 Å². The molecule has 1 aromatic rings. The van der Waals surface area contributed by atoms with Crippen LogP contribution < -0.4 is 10.1 Å². The first-order chi connectivity index (χ1) is 9.13. The van der Waals surface area contributed by atoms with Gasteiger partial charge >= 0.3 is 6.03 Å². The van der Waals surface area contributed by atoms with E-state index in [2.05, 4.69) is 5.32 Å². The summed E-state index contributed by atoms with van der Waals surface area (Å²) in [6.45, 7) is 2.79. The Kier molecular flexibility index (Phi) is 2.89. The first-order valence-corrected chi connectivity index (χ1v) is 6.48. The van der Waals surface area contributed by atoms with Crippen molar-refractivity contribution in [2.45, 2.75) is 19.4 Å². The lowest BCUT2D eigenvalue weighted by Crippen LogP contribution is -2.55. The molecule has 19 heavy (non-hydrogen) atoms. The molecule has 2 atom stereocenters. The van der Waals surface area contributed by atoms with Crippen molar-refractivity contribution >= 4 is 11.9 Å². The van der Waals surface area contributed by atoms with Crippen LogP contribution in [0.3, 0.4) is 0 Å². The van der Waals surface area contributed by atoms with Gasteiger partial charge in [0.15, 0.2) is 0 Å². The summed E-state index contributed by atoms with van der Waals surface area (Å²) in [5.74, 6) is 0.535. The summed E-state index contributed by atoms with van der Waals surface area (Å²) >= 11 is 0. The number of para-hydroxylation sites is 1. The number of nitrogens with zero attached hydrogens (tertiary/aromatic N) is 1. The highest BCUT2D eigenvalue weighted by atomic mass is 16.5. The molecule has 0 aliphatic carbocycles. The second kappa shape index (κ2) is 4.57. The topological polar surface area (TPSA) is 58.6 Å². The summed E-state index contributed by atoms with van der Waals surface area (Å²) in [4.78, 5) is 24.8. The smallest absolute Gasteiger partial charge is 0.324 e. The zero-order chi connectivity index (χ0) is 13.4. The molecular formula is C14H16N2O3. The summed E-state index contributed by atoms with van der Waals surface area (Å²) in [7, 11) is 0. The fourth-order valence-electron chi connectivity index (χ4n) is 2.56. The minimum absolute atomic E-state index is 0.0245. The predicted octanol–water partition coefficient (Wildman–Crippen LogP) is 1.18. The van der Waals surface area contributed by atoms with Crippen LogP contribution in [0.25, 0.3) is 0 Å². The number of hydrogen-bond donors (Lipinski definition) is 1. The van der Waals surface area contributed by atoms with Crippen molar-refractivity contribution in [2.24, 2.45) is 5.92 Å². The Labute approximate surface area is 111 Å². The minimum Gasteiger partial charge on any atom is -0.488 e. The standard InChI is InChI=1S/C14H16N2O3/c1-9-7-16(14(18)15-13(9)17)8-11-6-10-4-2-3-5-12(10)19-11/h2-5,9,11H,6-8H2,1H3,(H,15,17,18). The number of benzene rings is 1. The molecule has 0 bridgehead atoms. The minimum atomic E-state index is -0.317. The maximum atomic E-state index is 11.7. The number of ether oxygens (including phenoxy) is 1. The van der Waals surface area contributed by atoms with Gasteiger partial charge in [-0.25, -0.2) is 4.79 Å². The van der Waals surface area contributed by atoms with E-state index in [9.17, 15) is 9.59 Å². The lowest BCUT2D eigenvalue weighted by Gasteiger charge is -2.31.